The number of piperidine rings is 1. The quantitative estimate of drug-likeness (QED) is 0.928. The summed E-state index contributed by atoms with van der Waals surface area (Å²) >= 11 is 0. The normalized spacial score (nSPS) is 20.7. The summed E-state index contributed by atoms with van der Waals surface area (Å²) < 4.78 is 5.14. The molecule has 1 aliphatic heterocycles. The average Bonchev–Trinajstić information content (AvgIpc) is 3.20. The first-order chi connectivity index (χ1) is 10.2. The van der Waals surface area contributed by atoms with Crippen molar-refractivity contribution in [3.63, 3.8) is 0 Å². The zero-order valence-electron chi connectivity index (χ0n) is 12.2. The van der Waals surface area contributed by atoms with E-state index in [1.165, 1.54) is 19.1 Å². The molecule has 114 valence electrons. The van der Waals surface area contributed by atoms with Crippen molar-refractivity contribution in [2.24, 2.45) is 5.92 Å². The summed E-state index contributed by atoms with van der Waals surface area (Å²) in [7, 11) is 0. The van der Waals surface area contributed by atoms with Gasteiger partial charge in [-0.1, -0.05) is 12.8 Å². The predicted octanol–water partition coefficient (Wildman–Crippen LogP) is 2.19. The summed E-state index contributed by atoms with van der Waals surface area (Å²) in [6, 6.07) is 3.77. The molecule has 5 nitrogen and oxygen atoms in total. The molecule has 0 radical (unpaired) electrons. The predicted molar refractivity (Wildman–Crippen MR) is 77.7 cm³/mol. The van der Waals surface area contributed by atoms with Gasteiger partial charge in [0.1, 0.15) is 0 Å². The molecule has 1 N–H and O–H groups in total. The molecule has 1 saturated carbocycles. The van der Waals surface area contributed by atoms with Crippen molar-refractivity contribution in [3.8, 4) is 0 Å². The van der Waals surface area contributed by atoms with E-state index in [0.29, 0.717) is 24.9 Å². The molecular weight excluding hydrogens is 268 g/mol. The topological polar surface area (TPSA) is 62.6 Å². The molecule has 2 aliphatic rings. The van der Waals surface area contributed by atoms with Crippen LogP contribution in [0, 0.1) is 5.92 Å². The summed E-state index contributed by atoms with van der Waals surface area (Å²) in [6.07, 6.45) is 7.66. The SMILES string of the molecule is O=C(NC1CCCC1)C1CCN(C(=O)c2ccco2)CC1. The van der Waals surface area contributed by atoms with Crippen molar-refractivity contribution < 1.29 is 14.0 Å². The van der Waals surface area contributed by atoms with Gasteiger partial charge in [-0.2, -0.15) is 0 Å². The minimum Gasteiger partial charge on any atom is -0.459 e. The van der Waals surface area contributed by atoms with Gasteiger partial charge in [-0.15, -0.1) is 0 Å². The zero-order valence-corrected chi connectivity index (χ0v) is 12.2. The van der Waals surface area contributed by atoms with E-state index >= 15 is 0 Å². The van der Waals surface area contributed by atoms with Crippen molar-refractivity contribution >= 4 is 11.8 Å². The maximum absolute atomic E-state index is 12.2. The lowest BCUT2D eigenvalue weighted by atomic mass is 9.95. The highest BCUT2D eigenvalue weighted by molar-refractivity contribution is 5.91. The van der Waals surface area contributed by atoms with Crippen LogP contribution in [0.3, 0.4) is 0 Å². The Balaban J connectivity index is 1.48. The second kappa shape index (κ2) is 6.33. The van der Waals surface area contributed by atoms with Crippen LogP contribution in [0.4, 0.5) is 0 Å². The van der Waals surface area contributed by atoms with E-state index in [4.69, 9.17) is 4.42 Å². The first-order valence-electron chi connectivity index (χ1n) is 7.87. The van der Waals surface area contributed by atoms with Crippen molar-refractivity contribution in [2.45, 2.75) is 44.6 Å². The number of nitrogens with one attached hydrogen (secondary N) is 1. The third-order valence-corrected chi connectivity index (χ3v) is 4.59. The lowest BCUT2D eigenvalue weighted by Gasteiger charge is -2.31. The third kappa shape index (κ3) is 3.28. The molecule has 0 aromatic carbocycles. The van der Waals surface area contributed by atoms with Gasteiger partial charge in [-0.25, -0.2) is 0 Å². The fourth-order valence-electron chi connectivity index (χ4n) is 3.29. The first kappa shape index (κ1) is 14.2. The summed E-state index contributed by atoms with van der Waals surface area (Å²) in [5, 5.41) is 3.16. The van der Waals surface area contributed by atoms with Crippen LogP contribution in [0.25, 0.3) is 0 Å². The maximum atomic E-state index is 12.2. The summed E-state index contributed by atoms with van der Waals surface area (Å²) in [5.41, 5.74) is 0. The molecule has 3 rings (SSSR count). The monoisotopic (exact) mass is 290 g/mol. The molecule has 0 bridgehead atoms. The van der Waals surface area contributed by atoms with E-state index in [9.17, 15) is 9.59 Å². The molecule has 21 heavy (non-hydrogen) atoms. The van der Waals surface area contributed by atoms with Crippen LogP contribution in [0.1, 0.15) is 49.1 Å². The zero-order chi connectivity index (χ0) is 14.7. The van der Waals surface area contributed by atoms with Gasteiger partial charge in [-0.05, 0) is 37.8 Å². The molecule has 1 aromatic heterocycles. The number of hydrogen-bond donors (Lipinski definition) is 1. The smallest absolute Gasteiger partial charge is 0.289 e. The van der Waals surface area contributed by atoms with Gasteiger partial charge >= 0.3 is 0 Å². The lowest BCUT2D eigenvalue weighted by Crippen LogP contribution is -2.44. The maximum Gasteiger partial charge on any atom is 0.289 e. The van der Waals surface area contributed by atoms with E-state index in [1.54, 1.807) is 17.0 Å². The van der Waals surface area contributed by atoms with E-state index < -0.39 is 0 Å². The van der Waals surface area contributed by atoms with Crippen molar-refractivity contribution in [1.29, 1.82) is 0 Å². The number of carbonyl (C=O) groups is 2. The Bertz CT molecular complexity index is 484. The minimum atomic E-state index is -0.0744. The molecule has 0 unspecified atom stereocenters. The molecule has 2 heterocycles. The van der Waals surface area contributed by atoms with Crippen LogP contribution in [0.15, 0.2) is 22.8 Å². The number of amides is 2. The molecule has 0 spiro atoms. The number of rotatable bonds is 3. The van der Waals surface area contributed by atoms with Crippen LogP contribution in [-0.2, 0) is 4.79 Å². The molecule has 1 aromatic rings. The Labute approximate surface area is 124 Å². The van der Waals surface area contributed by atoms with Crippen LogP contribution in [0.2, 0.25) is 0 Å². The van der Waals surface area contributed by atoms with Crippen LogP contribution in [0.5, 0.6) is 0 Å². The Kier molecular flexibility index (Phi) is 4.27. The molecule has 0 atom stereocenters. The fourth-order valence-corrected chi connectivity index (χ4v) is 3.29. The Morgan fingerprint density at radius 1 is 1.14 bits per heavy atom. The number of carbonyl (C=O) groups excluding carboxylic acids is 2. The van der Waals surface area contributed by atoms with Crippen molar-refractivity contribution in [3.05, 3.63) is 24.2 Å². The second-order valence-corrected chi connectivity index (χ2v) is 6.03. The molecule has 1 aliphatic carbocycles. The van der Waals surface area contributed by atoms with Gasteiger partial charge in [0, 0.05) is 25.0 Å². The molecule has 5 heteroatoms. The van der Waals surface area contributed by atoms with Gasteiger partial charge in [0.15, 0.2) is 5.76 Å². The lowest BCUT2D eigenvalue weighted by molar-refractivity contribution is -0.127. The van der Waals surface area contributed by atoms with Gasteiger partial charge in [0.25, 0.3) is 5.91 Å². The number of furan rings is 1. The molecule has 2 amide bonds. The summed E-state index contributed by atoms with van der Waals surface area (Å²) in [4.78, 5) is 26.1. The average molecular weight is 290 g/mol. The largest absolute Gasteiger partial charge is 0.459 e. The minimum absolute atomic E-state index is 0.0475. The summed E-state index contributed by atoms with van der Waals surface area (Å²) in [6.45, 7) is 1.25. The third-order valence-electron chi connectivity index (χ3n) is 4.59. The van der Waals surface area contributed by atoms with E-state index in [1.807, 2.05) is 0 Å². The highest BCUT2D eigenvalue weighted by Crippen LogP contribution is 2.22. The van der Waals surface area contributed by atoms with Crippen molar-refractivity contribution in [2.75, 3.05) is 13.1 Å². The van der Waals surface area contributed by atoms with Crippen LogP contribution in [-0.4, -0.2) is 35.8 Å². The van der Waals surface area contributed by atoms with Gasteiger partial charge in [0.05, 0.1) is 6.26 Å². The Hall–Kier alpha value is -1.78. The van der Waals surface area contributed by atoms with Gasteiger partial charge in [-0.3, -0.25) is 9.59 Å². The number of hydrogen-bond acceptors (Lipinski definition) is 3. The molecular formula is C16H22N2O3. The first-order valence-corrected chi connectivity index (χ1v) is 7.87. The van der Waals surface area contributed by atoms with E-state index in [-0.39, 0.29) is 17.7 Å². The Morgan fingerprint density at radius 3 is 2.48 bits per heavy atom. The highest BCUT2D eigenvalue weighted by Gasteiger charge is 2.30. The second-order valence-electron chi connectivity index (χ2n) is 6.03. The van der Waals surface area contributed by atoms with Crippen molar-refractivity contribution in [1.82, 2.24) is 10.2 Å². The van der Waals surface area contributed by atoms with E-state index in [2.05, 4.69) is 5.32 Å². The van der Waals surface area contributed by atoms with E-state index in [0.717, 1.165) is 25.7 Å². The highest BCUT2D eigenvalue weighted by atomic mass is 16.3. The van der Waals surface area contributed by atoms with Gasteiger partial charge in [0.2, 0.25) is 5.91 Å². The molecule has 2 fully saturated rings. The Morgan fingerprint density at radius 2 is 1.86 bits per heavy atom. The number of nitrogens with zero attached hydrogens (tertiary/aromatic N) is 1. The molecule has 1 saturated heterocycles. The van der Waals surface area contributed by atoms with Crippen LogP contribution < -0.4 is 5.32 Å². The van der Waals surface area contributed by atoms with Gasteiger partial charge < -0.3 is 14.6 Å². The summed E-state index contributed by atoms with van der Waals surface area (Å²) in [5.74, 6) is 0.525. The van der Waals surface area contributed by atoms with Crippen LogP contribution >= 0.6 is 0 Å². The standard InChI is InChI=1S/C16H22N2O3/c19-15(17-13-4-1-2-5-13)12-7-9-18(10-8-12)16(20)14-6-3-11-21-14/h3,6,11-13H,1-2,4-5,7-10H2,(H,17,19). The fraction of sp³-hybridized carbons (Fsp3) is 0.625. The number of likely N-dealkylation sites (tertiary alicyclic amines) is 1.